The molecular weight excluding hydrogens is 346 g/mol. The molecular formula is C17H19NO4S2. The number of hydrogen-bond acceptors (Lipinski definition) is 5. The van der Waals surface area contributed by atoms with E-state index in [2.05, 4.69) is 0 Å². The van der Waals surface area contributed by atoms with Crippen LogP contribution in [0.4, 0.5) is 0 Å². The Morgan fingerprint density at radius 3 is 2.71 bits per heavy atom. The highest BCUT2D eigenvalue weighted by Crippen LogP contribution is 2.37. The van der Waals surface area contributed by atoms with Crippen LogP contribution in [0, 0.1) is 5.92 Å². The van der Waals surface area contributed by atoms with Gasteiger partial charge in [0.1, 0.15) is 16.1 Å². The number of carbonyl (C=O) groups excluding carboxylic acids is 1. The van der Waals surface area contributed by atoms with Gasteiger partial charge in [-0.25, -0.2) is 4.79 Å². The minimum absolute atomic E-state index is 0.199. The predicted molar refractivity (Wildman–Crippen MR) is 98.9 cm³/mol. The summed E-state index contributed by atoms with van der Waals surface area (Å²) in [6.07, 6.45) is 2.33. The molecule has 1 heterocycles. The number of nitrogens with zero attached hydrogens (tertiary/aromatic N) is 1. The Bertz CT molecular complexity index is 702. The van der Waals surface area contributed by atoms with E-state index in [1.165, 1.54) is 4.90 Å². The van der Waals surface area contributed by atoms with E-state index < -0.39 is 12.0 Å². The molecule has 1 aromatic carbocycles. The van der Waals surface area contributed by atoms with Crippen molar-refractivity contribution in [3.63, 3.8) is 0 Å². The molecule has 0 bridgehead atoms. The number of hydrogen-bond donors (Lipinski definition) is 1. The van der Waals surface area contributed by atoms with Gasteiger partial charge in [-0.3, -0.25) is 9.69 Å². The minimum Gasteiger partial charge on any atom is -0.496 e. The van der Waals surface area contributed by atoms with Gasteiger partial charge in [0, 0.05) is 5.56 Å². The van der Waals surface area contributed by atoms with Crippen molar-refractivity contribution in [2.45, 2.75) is 26.3 Å². The van der Waals surface area contributed by atoms with E-state index in [1.54, 1.807) is 26.2 Å². The summed E-state index contributed by atoms with van der Waals surface area (Å²) in [6.45, 7) is 3.70. The highest BCUT2D eigenvalue weighted by molar-refractivity contribution is 8.26. The maximum absolute atomic E-state index is 12.7. The number of carboxylic acid groups (broad SMARTS) is 1. The first kappa shape index (κ1) is 18.5. The number of thioether (sulfide) groups is 1. The smallest absolute Gasteiger partial charge is 0.327 e. The number of carbonyl (C=O) groups is 2. The Morgan fingerprint density at radius 2 is 2.12 bits per heavy atom. The maximum Gasteiger partial charge on any atom is 0.327 e. The lowest BCUT2D eigenvalue weighted by atomic mass is 9.98. The van der Waals surface area contributed by atoms with Gasteiger partial charge in [-0.2, -0.15) is 0 Å². The average Bonchev–Trinajstić information content (AvgIpc) is 2.83. The zero-order valence-corrected chi connectivity index (χ0v) is 15.3. The summed E-state index contributed by atoms with van der Waals surface area (Å²) in [5.74, 6) is -0.974. The molecule has 1 N–H and O–H groups in total. The van der Waals surface area contributed by atoms with Crippen LogP contribution in [-0.2, 0) is 9.59 Å². The third kappa shape index (κ3) is 3.62. The second kappa shape index (κ2) is 7.81. The quantitative estimate of drug-likeness (QED) is 0.616. The fourth-order valence-corrected chi connectivity index (χ4v) is 3.80. The van der Waals surface area contributed by atoms with Crippen LogP contribution < -0.4 is 4.74 Å². The molecule has 1 fully saturated rings. The van der Waals surface area contributed by atoms with Crippen LogP contribution in [0.25, 0.3) is 6.08 Å². The Labute approximate surface area is 150 Å². The van der Waals surface area contributed by atoms with Crippen LogP contribution in [0.5, 0.6) is 5.75 Å². The average molecular weight is 365 g/mol. The highest BCUT2D eigenvalue weighted by Gasteiger charge is 2.42. The van der Waals surface area contributed by atoms with Crippen LogP contribution in [0.15, 0.2) is 29.2 Å². The van der Waals surface area contributed by atoms with Gasteiger partial charge in [0.25, 0.3) is 5.91 Å². The molecule has 5 nitrogen and oxygen atoms in total. The fraction of sp³-hybridized carbons (Fsp3) is 0.353. The van der Waals surface area contributed by atoms with Gasteiger partial charge in [0.15, 0.2) is 0 Å². The molecule has 1 aromatic rings. The summed E-state index contributed by atoms with van der Waals surface area (Å²) in [5.41, 5.74) is 0.746. The summed E-state index contributed by atoms with van der Waals surface area (Å²) in [6, 6.07) is 6.35. The monoisotopic (exact) mass is 365 g/mol. The molecule has 2 rings (SSSR count). The molecule has 1 aliphatic rings. The first-order valence-electron chi connectivity index (χ1n) is 7.53. The van der Waals surface area contributed by atoms with Crippen molar-refractivity contribution >= 4 is 46.3 Å². The van der Waals surface area contributed by atoms with Crippen molar-refractivity contribution < 1.29 is 19.4 Å². The zero-order chi connectivity index (χ0) is 17.9. The van der Waals surface area contributed by atoms with Gasteiger partial charge in [-0.1, -0.05) is 62.4 Å². The van der Waals surface area contributed by atoms with E-state index in [0.717, 1.165) is 17.3 Å². The normalized spacial score (nSPS) is 18.8. The maximum atomic E-state index is 12.7. The molecule has 0 radical (unpaired) electrons. The summed E-state index contributed by atoms with van der Waals surface area (Å²) in [7, 11) is 1.56. The van der Waals surface area contributed by atoms with Crippen molar-refractivity contribution in [2.75, 3.05) is 7.11 Å². The summed E-state index contributed by atoms with van der Waals surface area (Å²) in [5, 5.41) is 9.53. The summed E-state index contributed by atoms with van der Waals surface area (Å²) < 4.78 is 5.55. The SMILES string of the molecule is CC[C@@H](C)[C@H](C(=O)O)N1C(=O)/C(=C/c2ccccc2OC)SC1=S. The number of carboxylic acids is 1. The molecule has 128 valence electrons. The van der Waals surface area contributed by atoms with Crippen LogP contribution in [-0.4, -0.2) is 39.4 Å². The van der Waals surface area contributed by atoms with E-state index in [1.807, 2.05) is 25.1 Å². The fourth-order valence-electron chi connectivity index (χ4n) is 2.48. The van der Waals surface area contributed by atoms with Crippen LogP contribution in [0.2, 0.25) is 0 Å². The molecule has 0 saturated carbocycles. The topological polar surface area (TPSA) is 66.8 Å². The number of ether oxygens (including phenoxy) is 1. The van der Waals surface area contributed by atoms with Gasteiger partial charge in [0.2, 0.25) is 0 Å². The third-order valence-corrected chi connectivity index (χ3v) is 5.29. The number of methoxy groups -OCH3 is 1. The third-order valence-electron chi connectivity index (χ3n) is 3.96. The molecule has 0 unspecified atom stereocenters. The van der Waals surface area contributed by atoms with E-state index >= 15 is 0 Å². The van der Waals surface area contributed by atoms with Crippen molar-refractivity contribution in [1.82, 2.24) is 4.90 Å². The second-order valence-electron chi connectivity index (χ2n) is 5.46. The van der Waals surface area contributed by atoms with Gasteiger partial charge in [0.05, 0.1) is 12.0 Å². The molecule has 1 saturated heterocycles. The number of rotatable bonds is 6. The number of benzene rings is 1. The van der Waals surface area contributed by atoms with Crippen LogP contribution in [0.3, 0.4) is 0 Å². The van der Waals surface area contributed by atoms with Crippen molar-refractivity contribution in [2.24, 2.45) is 5.92 Å². The van der Waals surface area contributed by atoms with Crippen molar-refractivity contribution in [3.8, 4) is 5.75 Å². The van der Waals surface area contributed by atoms with Gasteiger partial charge >= 0.3 is 5.97 Å². The van der Waals surface area contributed by atoms with Crippen LogP contribution >= 0.6 is 24.0 Å². The Morgan fingerprint density at radius 1 is 1.46 bits per heavy atom. The lowest BCUT2D eigenvalue weighted by Crippen LogP contribution is -2.47. The number of thiocarbonyl (C=S) groups is 1. The lowest BCUT2D eigenvalue weighted by molar-refractivity contribution is -0.147. The number of para-hydroxylation sites is 1. The zero-order valence-electron chi connectivity index (χ0n) is 13.7. The Balaban J connectivity index is 2.38. The molecule has 2 atom stereocenters. The van der Waals surface area contributed by atoms with E-state index in [9.17, 15) is 14.7 Å². The highest BCUT2D eigenvalue weighted by atomic mass is 32.2. The van der Waals surface area contributed by atoms with Crippen molar-refractivity contribution in [1.29, 1.82) is 0 Å². The second-order valence-corrected chi connectivity index (χ2v) is 7.14. The van der Waals surface area contributed by atoms with Gasteiger partial charge < -0.3 is 9.84 Å². The molecule has 24 heavy (non-hydrogen) atoms. The summed E-state index contributed by atoms with van der Waals surface area (Å²) in [4.78, 5) is 26.0. The number of amides is 1. The molecule has 1 amide bonds. The molecule has 0 spiro atoms. The largest absolute Gasteiger partial charge is 0.496 e. The Hall–Kier alpha value is -1.86. The van der Waals surface area contributed by atoms with E-state index in [-0.39, 0.29) is 16.1 Å². The standard InChI is InChI=1S/C17H19NO4S2/c1-4-10(2)14(16(20)21)18-15(19)13(24-17(18)23)9-11-7-5-6-8-12(11)22-3/h5-10,14H,4H2,1-3H3,(H,20,21)/b13-9-/t10-,14-/m1/s1. The van der Waals surface area contributed by atoms with Crippen LogP contribution in [0.1, 0.15) is 25.8 Å². The van der Waals surface area contributed by atoms with Crippen molar-refractivity contribution in [3.05, 3.63) is 34.7 Å². The van der Waals surface area contributed by atoms with Gasteiger partial charge in [-0.05, 0) is 18.1 Å². The first-order chi connectivity index (χ1) is 11.4. The molecule has 7 heteroatoms. The Kier molecular flexibility index (Phi) is 6.01. The molecule has 0 aliphatic carbocycles. The minimum atomic E-state index is -1.04. The number of aliphatic carboxylic acids is 1. The molecule has 1 aliphatic heterocycles. The van der Waals surface area contributed by atoms with E-state index in [0.29, 0.717) is 17.1 Å². The first-order valence-corrected chi connectivity index (χ1v) is 8.76. The summed E-state index contributed by atoms with van der Waals surface area (Å²) >= 11 is 6.39. The predicted octanol–water partition coefficient (Wildman–Crippen LogP) is 3.40. The molecule has 0 aromatic heterocycles. The van der Waals surface area contributed by atoms with Gasteiger partial charge in [-0.15, -0.1) is 0 Å². The lowest BCUT2D eigenvalue weighted by Gasteiger charge is -2.27. The van der Waals surface area contributed by atoms with E-state index in [4.69, 9.17) is 17.0 Å².